The van der Waals surface area contributed by atoms with Gasteiger partial charge in [-0.1, -0.05) is 39.7 Å². The van der Waals surface area contributed by atoms with Crippen LogP contribution in [-0.2, 0) is 16.6 Å². The molecule has 1 aromatic carbocycles. The van der Waals surface area contributed by atoms with E-state index in [1.54, 1.807) is 0 Å². The number of aliphatic imine (C=N–C) groups is 1. The Balaban J connectivity index is 3.21. The molecule has 0 aliphatic carbocycles. The summed E-state index contributed by atoms with van der Waals surface area (Å²) in [6.45, 7) is 12.0. The van der Waals surface area contributed by atoms with Crippen LogP contribution < -0.4 is 10.5 Å². The van der Waals surface area contributed by atoms with Gasteiger partial charge in [0.15, 0.2) is 6.73 Å². The number of ether oxygens (including phenoxy) is 1. The maximum atomic E-state index is 11.4. The van der Waals surface area contributed by atoms with Gasteiger partial charge in [0.25, 0.3) is 0 Å². The van der Waals surface area contributed by atoms with Crippen molar-refractivity contribution in [3.05, 3.63) is 28.8 Å². The first-order valence-electron chi connectivity index (χ1n) is 8.29. The van der Waals surface area contributed by atoms with Crippen LogP contribution in [0.1, 0.15) is 63.1 Å². The highest BCUT2D eigenvalue weighted by Gasteiger charge is 2.29. The number of primary amides is 1. The number of amides is 1. The summed E-state index contributed by atoms with van der Waals surface area (Å²) in [4.78, 5) is 15.2. The fourth-order valence-electron chi connectivity index (χ4n) is 3.17. The van der Waals surface area contributed by atoms with Crippen molar-refractivity contribution in [3.63, 3.8) is 0 Å². The first-order valence-corrected chi connectivity index (χ1v) is 8.29. The average molecular weight is 318 g/mol. The van der Waals surface area contributed by atoms with Crippen LogP contribution in [0, 0.1) is 6.92 Å². The molecule has 0 saturated carbocycles. The minimum absolute atomic E-state index is 0.206. The van der Waals surface area contributed by atoms with E-state index in [4.69, 9.17) is 10.5 Å². The largest absolute Gasteiger partial charge is 0.471 e. The smallest absolute Gasteiger partial charge is 0.218 e. The summed E-state index contributed by atoms with van der Waals surface area (Å²) in [5.74, 6) is 0.476. The van der Waals surface area contributed by atoms with E-state index in [0.29, 0.717) is 0 Å². The van der Waals surface area contributed by atoms with Gasteiger partial charge in [0, 0.05) is 17.4 Å². The van der Waals surface area contributed by atoms with Crippen LogP contribution in [0.4, 0.5) is 0 Å². The molecule has 0 heterocycles. The van der Waals surface area contributed by atoms with E-state index in [2.05, 4.69) is 37.7 Å². The summed E-state index contributed by atoms with van der Waals surface area (Å²) in [6, 6.07) is 4.27. The molecule has 1 aromatic rings. The van der Waals surface area contributed by atoms with Crippen LogP contribution in [0.3, 0.4) is 0 Å². The molecular formula is C19H30N2O2. The van der Waals surface area contributed by atoms with Crippen LogP contribution >= 0.6 is 0 Å². The predicted octanol–water partition coefficient (Wildman–Crippen LogP) is 3.92. The van der Waals surface area contributed by atoms with Crippen molar-refractivity contribution in [2.75, 3.05) is 6.73 Å². The van der Waals surface area contributed by atoms with E-state index < -0.39 is 0 Å². The third-order valence-corrected chi connectivity index (χ3v) is 4.03. The molecule has 4 nitrogen and oxygen atoms in total. The second kappa shape index (κ2) is 8.70. The lowest BCUT2D eigenvalue weighted by atomic mass is 9.78. The van der Waals surface area contributed by atoms with Crippen molar-refractivity contribution in [2.45, 2.75) is 65.2 Å². The number of nitrogens with two attached hydrogens (primary N) is 1. The Labute approximate surface area is 140 Å². The predicted molar refractivity (Wildman–Crippen MR) is 96.3 cm³/mol. The van der Waals surface area contributed by atoms with Crippen molar-refractivity contribution in [3.8, 4) is 5.75 Å². The molecule has 1 amide bonds. The molecule has 0 spiro atoms. The first-order chi connectivity index (χ1) is 10.8. The lowest BCUT2D eigenvalue weighted by molar-refractivity contribution is -0.119. The first kappa shape index (κ1) is 19.2. The van der Waals surface area contributed by atoms with E-state index in [1.807, 2.05) is 13.8 Å². The zero-order valence-electron chi connectivity index (χ0n) is 14.9. The average Bonchev–Trinajstić information content (AvgIpc) is 2.43. The summed E-state index contributed by atoms with van der Waals surface area (Å²) in [6.07, 6.45) is 4.90. The molecule has 23 heavy (non-hydrogen) atoms. The molecule has 0 aliphatic rings. The Morgan fingerprint density at radius 1 is 1.35 bits per heavy atom. The third-order valence-electron chi connectivity index (χ3n) is 4.03. The molecule has 1 rings (SSSR count). The summed E-state index contributed by atoms with van der Waals surface area (Å²) in [5, 5.41) is 0. The number of hydrogen-bond donors (Lipinski definition) is 1. The zero-order chi connectivity index (χ0) is 17.5. The number of carbonyl (C=O) groups excluding carboxylic acids is 1. The monoisotopic (exact) mass is 318 g/mol. The van der Waals surface area contributed by atoms with Gasteiger partial charge in [0.2, 0.25) is 5.91 Å². The maximum absolute atomic E-state index is 11.4. The number of carbonyl (C=O) groups is 1. The zero-order valence-corrected chi connectivity index (χ0v) is 14.9. The molecule has 4 heteroatoms. The molecule has 0 fully saturated rings. The fraction of sp³-hybridized carbons (Fsp3) is 0.579. The second-order valence-corrected chi connectivity index (χ2v) is 6.77. The van der Waals surface area contributed by atoms with E-state index in [-0.39, 0.29) is 24.5 Å². The second-order valence-electron chi connectivity index (χ2n) is 6.77. The van der Waals surface area contributed by atoms with E-state index in [9.17, 15) is 4.79 Å². The van der Waals surface area contributed by atoms with Crippen molar-refractivity contribution in [2.24, 2.45) is 10.7 Å². The molecule has 0 bridgehead atoms. The van der Waals surface area contributed by atoms with Crippen molar-refractivity contribution < 1.29 is 9.53 Å². The fourth-order valence-corrected chi connectivity index (χ4v) is 3.17. The van der Waals surface area contributed by atoms with Crippen LogP contribution in [0.2, 0.25) is 0 Å². The standard InChI is InChI=1S/C19H30N2O2/c1-6-7-8-9-15-10-14(2)18(16(11-15)23-13-21-5)19(3,4)12-17(20)22/h10-11H,5-9,12-13H2,1-4H3,(H2,20,22). The van der Waals surface area contributed by atoms with Gasteiger partial charge < -0.3 is 10.5 Å². The Morgan fingerprint density at radius 2 is 2.04 bits per heavy atom. The van der Waals surface area contributed by atoms with E-state index in [1.165, 1.54) is 24.8 Å². The molecule has 0 saturated heterocycles. The molecule has 0 aromatic heterocycles. The van der Waals surface area contributed by atoms with Gasteiger partial charge >= 0.3 is 0 Å². The number of benzene rings is 1. The number of nitrogens with zero attached hydrogens (tertiary/aromatic N) is 1. The Hall–Kier alpha value is -1.84. The van der Waals surface area contributed by atoms with Crippen LogP contribution in [0.5, 0.6) is 5.75 Å². The summed E-state index contributed by atoms with van der Waals surface area (Å²) >= 11 is 0. The Bertz CT molecular complexity index is 551. The van der Waals surface area contributed by atoms with Gasteiger partial charge in [0.05, 0.1) is 0 Å². The van der Waals surface area contributed by atoms with Gasteiger partial charge in [-0.3, -0.25) is 9.79 Å². The van der Waals surface area contributed by atoms with Gasteiger partial charge in [0.1, 0.15) is 5.75 Å². The van der Waals surface area contributed by atoms with Gasteiger partial charge in [-0.2, -0.15) is 0 Å². The normalized spacial score (nSPS) is 11.3. The van der Waals surface area contributed by atoms with E-state index >= 15 is 0 Å². The van der Waals surface area contributed by atoms with Gasteiger partial charge in [-0.15, -0.1) is 0 Å². The maximum Gasteiger partial charge on any atom is 0.218 e. The number of unbranched alkanes of at least 4 members (excludes halogenated alkanes) is 2. The van der Waals surface area contributed by atoms with Crippen LogP contribution in [0.25, 0.3) is 0 Å². The van der Waals surface area contributed by atoms with Crippen LogP contribution in [0.15, 0.2) is 17.1 Å². The molecular weight excluding hydrogens is 288 g/mol. The molecule has 0 aliphatic heterocycles. The SMILES string of the molecule is C=NCOc1cc(CCCCC)cc(C)c1C(C)(C)CC(N)=O. The Kier molecular flexibility index (Phi) is 7.27. The molecule has 128 valence electrons. The summed E-state index contributed by atoms with van der Waals surface area (Å²) < 4.78 is 5.80. The molecule has 0 unspecified atom stereocenters. The number of aryl methyl sites for hydroxylation is 2. The van der Waals surface area contributed by atoms with Crippen molar-refractivity contribution >= 4 is 12.6 Å². The lowest BCUT2D eigenvalue weighted by Crippen LogP contribution is -2.27. The van der Waals surface area contributed by atoms with Gasteiger partial charge in [-0.05, 0) is 43.7 Å². The lowest BCUT2D eigenvalue weighted by Gasteiger charge is -2.28. The highest BCUT2D eigenvalue weighted by Crippen LogP contribution is 2.38. The highest BCUT2D eigenvalue weighted by atomic mass is 16.5. The molecule has 2 N–H and O–H groups in total. The molecule has 0 radical (unpaired) electrons. The minimum atomic E-state index is -0.381. The summed E-state index contributed by atoms with van der Waals surface area (Å²) in [7, 11) is 0. The van der Waals surface area contributed by atoms with Crippen molar-refractivity contribution in [1.29, 1.82) is 0 Å². The van der Waals surface area contributed by atoms with Gasteiger partial charge in [-0.25, -0.2) is 0 Å². The quantitative estimate of drug-likeness (QED) is 0.525. The van der Waals surface area contributed by atoms with Crippen LogP contribution in [-0.4, -0.2) is 19.4 Å². The Morgan fingerprint density at radius 3 is 2.61 bits per heavy atom. The summed E-state index contributed by atoms with van der Waals surface area (Å²) in [5.41, 5.74) is 8.45. The third kappa shape index (κ3) is 5.70. The topological polar surface area (TPSA) is 64.7 Å². The van der Waals surface area contributed by atoms with E-state index in [0.717, 1.165) is 23.3 Å². The number of rotatable bonds is 10. The minimum Gasteiger partial charge on any atom is -0.471 e. The van der Waals surface area contributed by atoms with Crippen molar-refractivity contribution in [1.82, 2.24) is 0 Å². The molecule has 0 atom stereocenters. The highest BCUT2D eigenvalue weighted by molar-refractivity contribution is 5.76. The number of hydrogen-bond acceptors (Lipinski definition) is 3.